The SMILES string of the molecule is N#CCC1CN(c2ncc(C(F)(F)F)cn2)CCN1C(=O)O. The van der Waals surface area contributed by atoms with Crippen LogP contribution < -0.4 is 4.90 Å². The third kappa shape index (κ3) is 3.36. The number of halogens is 3. The molecule has 1 fully saturated rings. The predicted octanol–water partition coefficient (Wildman–Crippen LogP) is 1.58. The summed E-state index contributed by atoms with van der Waals surface area (Å²) in [7, 11) is 0. The van der Waals surface area contributed by atoms with Crippen LogP contribution in [-0.4, -0.2) is 51.7 Å². The second kappa shape index (κ2) is 6.05. The molecule has 22 heavy (non-hydrogen) atoms. The number of carbonyl (C=O) groups is 1. The number of anilines is 1. The van der Waals surface area contributed by atoms with Gasteiger partial charge in [-0.1, -0.05) is 0 Å². The van der Waals surface area contributed by atoms with Crippen molar-refractivity contribution in [2.45, 2.75) is 18.6 Å². The highest BCUT2D eigenvalue weighted by atomic mass is 19.4. The number of hydrogen-bond acceptors (Lipinski definition) is 5. The summed E-state index contributed by atoms with van der Waals surface area (Å²) >= 11 is 0. The molecule has 1 aliphatic rings. The minimum atomic E-state index is -4.51. The molecule has 7 nitrogen and oxygen atoms in total. The Morgan fingerprint density at radius 2 is 2.05 bits per heavy atom. The first-order valence-electron chi connectivity index (χ1n) is 6.33. The summed E-state index contributed by atoms with van der Waals surface area (Å²) < 4.78 is 37.4. The number of hydrogen-bond donors (Lipinski definition) is 1. The Morgan fingerprint density at radius 3 is 2.55 bits per heavy atom. The molecule has 2 rings (SSSR count). The third-order valence-electron chi connectivity index (χ3n) is 3.30. The van der Waals surface area contributed by atoms with E-state index in [9.17, 15) is 18.0 Å². The maximum absolute atomic E-state index is 12.5. The van der Waals surface area contributed by atoms with Crippen LogP contribution in [0.25, 0.3) is 0 Å². The average molecular weight is 315 g/mol. The number of amides is 1. The minimum absolute atomic E-state index is 0.0105. The van der Waals surface area contributed by atoms with Crippen LogP contribution in [0, 0.1) is 11.3 Å². The van der Waals surface area contributed by atoms with Gasteiger partial charge in [0.1, 0.15) is 0 Å². The van der Waals surface area contributed by atoms with Gasteiger partial charge in [-0.3, -0.25) is 0 Å². The summed E-state index contributed by atoms with van der Waals surface area (Å²) in [6.07, 6.45) is -4.28. The predicted molar refractivity (Wildman–Crippen MR) is 68.0 cm³/mol. The zero-order chi connectivity index (χ0) is 16.3. The van der Waals surface area contributed by atoms with Gasteiger partial charge in [0.05, 0.1) is 24.1 Å². The summed E-state index contributed by atoms with van der Waals surface area (Å²) in [5.74, 6) is 0.0842. The minimum Gasteiger partial charge on any atom is -0.465 e. The van der Waals surface area contributed by atoms with Gasteiger partial charge in [-0.2, -0.15) is 18.4 Å². The van der Waals surface area contributed by atoms with Gasteiger partial charge in [-0.15, -0.1) is 0 Å². The number of aromatic nitrogens is 2. The van der Waals surface area contributed by atoms with Crippen molar-refractivity contribution in [1.82, 2.24) is 14.9 Å². The maximum atomic E-state index is 12.5. The molecule has 0 radical (unpaired) electrons. The van der Waals surface area contributed by atoms with E-state index in [0.29, 0.717) is 12.4 Å². The van der Waals surface area contributed by atoms with Crippen LogP contribution in [0.1, 0.15) is 12.0 Å². The molecule has 0 aliphatic carbocycles. The topological polar surface area (TPSA) is 93.4 Å². The van der Waals surface area contributed by atoms with E-state index in [-0.39, 0.29) is 32.0 Å². The molecule has 1 N–H and O–H groups in total. The van der Waals surface area contributed by atoms with E-state index < -0.39 is 23.9 Å². The molecule has 1 amide bonds. The van der Waals surface area contributed by atoms with Gasteiger partial charge in [-0.25, -0.2) is 14.8 Å². The van der Waals surface area contributed by atoms with E-state index >= 15 is 0 Å². The summed E-state index contributed by atoms with van der Waals surface area (Å²) in [5, 5.41) is 17.8. The van der Waals surface area contributed by atoms with Crippen LogP contribution >= 0.6 is 0 Å². The molecule has 2 heterocycles. The van der Waals surface area contributed by atoms with Gasteiger partial charge in [0, 0.05) is 32.0 Å². The molecule has 10 heteroatoms. The Morgan fingerprint density at radius 1 is 1.41 bits per heavy atom. The van der Waals surface area contributed by atoms with Crippen LogP contribution in [0.2, 0.25) is 0 Å². The summed E-state index contributed by atoms with van der Waals surface area (Å²) in [6.45, 7) is 0.539. The van der Waals surface area contributed by atoms with Crippen molar-refractivity contribution in [2.24, 2.45) is 0 Å². The average Bonchev–Trinajstić information content (AvgIpc) is 2.46. The van der Waals surface area contributed by atoms with E-state index in [1.54, 1.807) is 4.90 Å². The molecule has 0 spiro atoms. The number of nitrogens with zero attached hydrogens (tertiary/aromatic N) is 5. The summed E-state index contributed by atoms with van der Waals surface area (Å²) in [5.41, 5.74) is -0.950. The third-order valence-corrected chi connectivity index (χ3v) is 3.30. The highest BCUT2D eigenvalue weighted by Crippen LogP contribution is 2.28. The lowest BCUT2D eigenvalue weighted by Crippen LogP contribution is -2.55. The van der Waals surface area contributed by atoms with Gasteiger partial charge < -0.3 is 14.9 Å². The van der Waals surface area contributed by atoms with Crippen LogP contribution in [0.5, 0.6) is 0 Å². The molecule has 118 valence electrons. The van der Waals surface area contributed by atoms with Crippen LogP contribution in [0.3, 0.4) is 0 Å². The van der Waals surface area contributed by atoms with Crippen molar-refractivity contribution in [3.63, 3.8) is 0 Å². The number of rotatable bonds is 2. The lowest BCUT2D eigenvalue weighted by molar-refractivity contribution is -0.138. The Labute approximate surface area is 123 Å². The van der Waals surface area contributed by atoms with Crippen molar-refractivity contribution in [2.75, 3.05) is 24.5 Å². The smallest absolute Gasteiger partial charge is 0.419 e. The molecule has 1 unspecified atom stereocenters. The number of piperazine rings is 1. The van der Waals surface area contributed by atoms with Crippen LogP contribution in [0.4, 0.5) is 23.9 Å². The molecule has 1 atom stereocenters. The molecule has 1 aliphatic heterocycles. The van der Waals surface area contributed by atoms with Crippen LogP contribution in [-0.2, 0) is 6.18 Å². The Bertz CT molecular complexity index is 584. The largest absolute Gasteiger partial charge is 0.465 e. The zero-order valence-corrected chi connectivity index (χ0v) is 11.3. The molecule has 0 bridgehead atoms. The fraction of sp³-hybridized carbons (Fsp3) is 0.500. The molecular formula is C12H12F3N5O2. The first-order valence-corrected chi connectivity index (χ1v) is 6.33. The lowest BCUT2D eigenvalue weighted by atomic mass is 10.1. The first-order chi connectivity index (χ1) is 10.3. The lowest BCUT2D eigenvalue weighted by Gasteiger charge is -2.38. The van der Waals surface area contributed by atoms with Crippen molar-refractivity contribution < 1.29 is 23.1 Å². The molecule has 1 aromatic rings. The van der Waals surface area contributed by atoms with Gasteiger partial charge >= 0.3 is 12.3 Å². The second-order valence-electron chi connectivity index (χ2n) is 4.71. The first kappa shape index (κ1) is 15.8. The molecular weight excluding hydrogens is 303 g/mol. The van der Waals surface area contributed by atoms with Crippen molar-refractivity contribution >= 4 is 12.0 Å². The molecule has 0 aromatic carbocycles. The fourth-order valence-electron chi connectivity index (χ4n) is 2.20. The maximum Gasteiger partial charge on any atom is 0.419 e. The van der Waals surface area contributed by atoms with E-state index in [1.165, 1.54) is 0 Å². The summed E-state index contributed by atoms with van der Waals surface area (Å²) in [6, 6.07) is 1.33. The highest BCUT2D eigenvalue weighted by Gasteiger charge is 2.33. The quantitative estimate of drug-likeness (QED) is 0.890. The number of nitriles is 1. The second-order valence-corrected chi connectivity index (χ2v) is 4.71. The van der Waals surface area contributed by atoms with Crippen molar-refractivity contribution in [3.05, 3.63) is 18.0 Å². The number of carboxylic acid groups (broad SMARTS) is 1. The fourth-order valence-corrected chi connectivity index (χ4v) is 2.20. The van der Waals surface area contributed by atoms with E-state index in [4.69, 9.17) is 10.4 Å². The summed E-state index contributed by atoms with van der Waals surface area (Å²) in [4.78, 5) is 21.2. The van der Waals surface area contributed by atoms with E-state index in [2.05, 4.69) is 9.97 Å². The Hall–Kier alpha value is -2.57. The van der Waals surface area contributed by atoms with E-state index in [0.717, 1.165) is 4.90 Å². The van der Waals surface area contributed by atoms with Gasteiger partial charge in [-0.05, 0) is 0 Å². The van der Waals surface area contributed by atoms with Gasteiger partial charge in [0.2, 0.25) is 5.95 Å². The normalized spacial score (nSPS) is 18.9. The Balaban J connectivity index is 2.14. The molecule has 1 saturated heterocycles. The Kier molecular flexibility index (Phi) is 4.35. The molecule has 1 aromatic heterocycles. The van der Waals surface area contributed by atoms with E-state index in [1.807, 2.05) is 6.07 Å². The van der Waals surface area contributed by atoms with Crippen molar-refractivity contribution in [1.29, 1.82) is 5.26 Å². The van der Waals surface area contributed by atoms with Gasteiger partial charge in [0.15, 0.2) is 0 Å². The van der Waals surface area contributed by atoms with Crippen LogP contribution in [0.15, 0.2) is 12.4 Å². The monoisotopic (exact) mass is 315 g/mol. The van der Waals surface area contributed by atoms with Crippen molar-refractivity contribution in [3.8, 4) is 6.07 Å². The zero-order valence-electron chi connectivity index (χ0n) is 11.3. The molecule has 0 saturated carbocycles. The highest BCUT2D eigenvalue weighted by molar-refractivity contribution is 5.66. The van der Waals surface area contributed by atoms with Gasteiger partial charge in [0.25, 0.3) is 0 Å². The standard InChI is InChI=1S/C12H12F3N5O2/c13-12(14,15)8-5-17-10(18-6-8)19-3-4-20(11(21)22)9(7-19)1-2-16/h5-6,9H,1,3-4,7H2,(H,21,22). The number of alkyl halides is 3.